The molecule has 8 heteroatoms. The van der Waals surface area contributed by atoms with E-state index in [1.54, 1.807) is 30.3 Å². The Hall–Kier alpha value is -4.56. The van der Waals surface area contributed by atoms with Gasteiger partial charge in [-0.1, -0.05) is 43.0 Å². The Labute approximate surface area is 213 Å². The Kier molecular flexibility index (Phi) is 6.66. The zero-order chi connectivity index (χ0) is 25.9. The fraction of sp³-hybridized carbons (Fsp3) is 0.172. The Bertz CT molecular complexity index is 1600. The van der Waals surface area contributed by atoms with Gasteiger partial charge in [-0.3, -0.25) is 14.9 Å². The summed E-state index contributed by atoms with van der Waals surface area (Å²) in [5, 5.41) is 17.9. The highest BCUT2D eigenvalue weighted by molar-refractivity contribution is 5.94. The number of allylic oxidation sites excluding steroid dienone is 1. The molecule has 3 aromatic carbocycles. The number of anilines is 1. The Balaban J connectivity index is 1.80. The quantitative estimate of drug-likeness (QED) is 0.261. The summed E-state index contributed by atoms with van der Waals surface area (Å²) in [6, 6.07) is 17.9. The van der Waals surface area contributed by atoms with Crippen LogP contribution in [-0.4, -0.2) is 41.0 Å². The van der Waals surface area contributed by atoms with E-state index in [1.165, 1.54) is 6.07 Å². The fourth-order valence-electron chi connectivity index (χ4n) is 4.64. The van der Waals surface area contributed by atoms with Gasteiger partial charge in [0, 0.05) is 35.8 Å². The third-order valence-electron chi connectivity index (χ3n) is 6.41. The molecule has 0 unspecified atom stereocenters. The second-order valence-electron chi connectivity index (χ2n) is 8.73. The molecule has 0 spiro atoms. The first-order chi connectivity index (χ1) is 18.0. The second kappa shape index (κ2) is 10.2. The molecule has 1 aromatic heterocycles. The van der Waals surface area contributed by atoms with Gasteiger partial charge in [0.2, 0.25) is 0 Å². The molecule has 37 heavy (non-hydrogen) atoms. The lowest BCUT2D eigenvalue weighted by Gasteiger charge is -2.29. The molecule has 1 aliphatic heterocycles. The standard InChI is InChI=1S/C29H26N4O4/c1-3-7-21-16-20(4-2)17-22(18-21)28-24-8-5-6-9-25(24)29(34)32(30-28)27-19-23(10-11-26(27)33(35)36)31-12-14-37-15-13-31/h3-11,16-19H,2,12-15H2,1H3/b7-3-. The predicted octanol–water partition coefficient (Wildman–Crippen LogP) is 5.47. The molecule has 1 fully saturated rings. The number of hydrogen-bond donors (Lipinski definition) is 0. The van der Waals surface area contributed by atoms with Crippen LogP contribution >= 0.6 is 0 Å². The van der Waals surface area contributed by atoms with Crippen molar-refractivity contribution in [1.29, 1.82) is 0 Å². The number of hydrogen-bond acceptors (Lipinski definition) is 6. The van der Waals surface area contributed by atoms with Crippen molar-refractivity contribution >= 4 is 34.3 Å². The van der Waals surface area contributed by atoms with Crippen LogP contribution in [0.25, 0.3) is 39.9 Å². The van der Waals surface area contributed by atoms with Crippen LogP contribution < -0.4 is 10.5 Å². The van der Waals surface area contributed by atoms with Crippen LogP contribution in [0.15, 0.2) is 78.1 Å². The minimum absolute atomic E-state index is 0.125. The van der Waals surface area contributed by atoms with Crippen LogP contribution in [-0.2, 0) is 4.74 Å². The molecule has 186 valence electrons. The second-order valence-corrected chi connectivity index (χ2v) is 8.73. The minimum Gasteiger partial charge on any atom is -0.378 e. The van der Waals surface area contributed by atoms with Crippen molar-refractivity contribution in [2.45, 2.75) is 6.92 Å². The van der Waals surface area contributed by atoms with Crippen LogP contribution in [0.5, 0.6) is 0 Å². The highest BCUT2D eigenvalue weighted by atomic mass is 16.6. The highest BCUT2D eigenvalue weighted by Crippen LogP contribution is 2.31. The van der Waals surface area contributed by atoms with Gasteiger partial charge in [0.1, 0.15) is 5.69 Å². The lowest BCUT2D eigenvalue weighted by molar-refractivity contribution is -0.384. The van der Waals surface area contributed by atoms with Crippen molar-refractivity contribution < 1.29 is 9.66 Å². The van der Waals surface area contributed by atoms with Gasteiger partial charge in [0.15, 0.2) is 0 Å². The summed E-state index contributed by atoms with van der Waals surface area (Å²) in [6.07, 6.45) is 5.68. The molecule has 1 saturated heterocycles. The van der Waals surface area contributed by atoms with E-state index in [9.17, 15) is 14.9 Å². The predicted molar refractivity (Wildman–Crippen MR) is 147 cm³/mol. The number of nitrogens with zero attached hydrogens (tertiary/aromatic N) is 4. The van der Waals surface area contributed by atoms with Gasteiger partial charge < -0.3 is 9.64 Å². The maximum atomic E-state index is 13.7. The summed E-state index contributed by atoms with van der Waals surface area (Å²) in [5.74, 6) is 0. The summed E-state index contributed by atoms with van der Waals surface area (Å²) in [6.45, 7) is 8.30. The Morgan fingerprint density at radius 3 is 2.46 bits per heavy atom. The monoisotopic (exact) mass is 494 g/mol. The normalized spacial score (nSPS) is 13.8. The van der Waals surface area contributed by atoms with E-state index in [0.29, 0.717) is 42.8 Å². The van der Waals surface area contributed by atoms with Crippen LogP contribution in [0.1, 0.15) is 18.1 Å². The lowest BCUT2D eigenvalue weighted by atomic mass is 9.99. The summed E-state index contributed by atoms with van der Waals surface area (Å²) in [7, 11) is 0. The molecule has 0 radical (unpaired) electrons. The number of nitro groups is 1. The Morgan fingerprint density at radius 1 is 1.03 bits per heavy atom. The number of ether oxygens (including phenoxy) is 1. The van der Waals surface area contributed by atoms with Crippen LogP contribution in [0.2, 0.25) is 0 Å². The largest absolute Gasteiger partial charge is 0.378 e. The third kappa shape index (κ3) is 4.66. The molecule has 0 bridgehead atoms. The van der Waals surface area contributed by atoms with Gasteiger partial charge >= 0.3 is 0 Å². The molecule has 0 saturated carbocycles. The maximum Gasteiger partial charge on any atom is 0.295 e. The van der Waals surface area contributed by atoms with Crippen LogP contribution in [0.4, 0.5) is 11.4 Å². The van der Waals surface area contributed by atoms with Crippen molar-refractivity contribution in [3.8, 4) is 16.9 Å². The van der Waals surface area contributed by atoms with E-state index < -0.39 is 10.5 Å². The van der Waals surface area contributed by atoms with E-state index >= 15 is 0 Å². The molecule has 0 aliphatic carbocycles. The molecule has 0 atom stereocenters. The first kappa shape index (κ1) is 24.1. The van der Waals surface area contributed by atoms with Gasteiger partial charge in [-0.2, -0.15) is 9.78 Å². The zero-order valence-electron chi connectivity index (χ0n) is 20.5. The number of benzene rings is 3. The first-order valence-electron chi connectivity index (χ1n) is 12.0. The van der Waals surface area contributed by atoms with E-state index in [-0.39, 0.29) is 11.4 Å². The SMILES string of the molecule is C=Cc1cc(/C=C\C)cc(-c2nn(-c3cc(N4CCOCC4)ccc3[N+](=O)[O-])c(=O)c3ccccc23)c1. The summed E-state index contributed by atoms with van der Waals surface area (Å²) < 4.78 is 6.61. The van der Waals surface area contributed by atoms with Gasteiger partial charge in [0.25, 0.3) is 11.2 Å². The third-order valence-corrected chi connectivity index (χ3v) is 6.41. The topological polar surface area (TPSA) is 90.5 Å². The first-order valence-corrected chi connectivity index (χ1v) is 12.0. The smallest absolute Gasteiger partial charge is 0.295 e. The molecule has 4 aromatic rings. The van der Waals surface area contributed by atoms with Gasteiger partial charge in [-0.05, 0) is 54.4 Å². The van der Waals surface area contributed by atoms with Gasteiger partial charge in [-0.25, -0.2) is 0 Å². The zero-order valence-corrected chi connectivity index (χ0v) is 20.5. The fourth-order valence-corrected chi connectivity index (χ4v) is 4.64. The van der Waals surface area contributed by atoms with Gasteiger partial charge in [-0.15, -0.1) is 0 Å². The molecule has 5 rings (SSSR count). The number of rotatable bonds is 6. The molecule has 0 N–H and O–H groups in total. The van der Waals surface area contributed by atoms with Crippen molar-refractivity contribution in [3.63, 3.8) is 0 Å². The molecule has 8 nitrogen and oxygen atoms in total. The average Bonchev–Trinajstić information content (AvgIpc) is 2.93. The number of aromatic nitrogens is 2. The minimum atomic E-state index is -0.482. The van der Waals surface area contributed by atoms with E-state index in [0.717, 1.165) is 27.1 Å². The summed E-state index contributed by atoms with van der Waals surface area (Å²) in [4.78, 5) is 27.3. The van der Waals surface area contributed by atoms with E-state index in [1.807, 2.05) is 49.4 Å². The lowest BCUT2D eigenvalue weighted by Crippen LogP contribution is -2.36. The molecule has 0 amide bonds. The van der Waals surface area contributed by atoms with Gasteiger partial charge in [0.05, 0.1) is 29.2 Å². The van der Waals surface area contributed by atoms with Crippen LogP contribution in [0, 0.1) is 10.1 Å². The van der Waals surface area contributed by atoms with Crippen molar-refractivity contribution in [2.24, 2.45) is 0 Å². The Morgan fingerprint density at radius 2 is 1.76 bits per heavy atom. The number of fused-ring (bicyclic) bond motifs is 1. The average molecular weight is 495 g/mol. The molecule has 2 heterocycles. The van der Waals surface area contributed by atoms with Crippen LogP contribution in [0.3, 0.4) is 0 Å². The maximum absolute atomic E-state index is 13.7. The summed E-state index contributed by atoms with van der Waals surface area (Å²) >= 11 is 0. The van der Waals surface area contributed by atoms with Crippen molar-refractivity contribution in [3.05, 3.63) is 105 Å². The van der Waals surface area contributed by atoms with Crippen molar-refractivity contribution in [1.82, 2.24) is 9.78 Å². The summed E-state index contributed by atoms with van der Waals surface area (Å²) in [5.41, 5.74) is 3.47. The molecular formula is C29H26N4O4. The van der Waals surface area contributed by atoms with E-state index in [4.69, 9.17) is 9.84 Å². The number of morpholine rings is 1. The van der Waals surface area contributed by atoms with E-state index in [2.05, 4.69) is 11.5 Å². The van der Waals surface area contributed by atoms with Crippen molar-refractivity contribution in [2.75, 3.05) is 31.2 Å². The highest BCUT2D eigenvalue weighted by Gasteiger charge is 2.23. The molecule has 1 aliphatic rings. The number of nitro benzene ring substituents is 1. The molecular weight excluding hydrogens is 468 g/mol.